The molecule has 0 aliphatic rings. The summed E-state index contributed by atoms with van der Waals surface area (Å²) in [6, 6.07) is 81.4. The molecule has 0 aliphatic heterocycles. The van der Waals surface area contributed by atoms with Crippen molar-refractivity contribution in [2.24, 2.45) is 0 Å². The van der Waals surface area contributed by atoms with Gasteiger partial charge in [0.25, 0.3) is 17.1 Å². The first kappa shape index (κ1) is 128. The van der Waals surface area contributed by atoms with Crippen LogP contribution in [0.1, 0.15) is 157 Å². The topological polar surface area (TPSA) is 766 Å². The van der Waals surface area contributed by atoms with E-state index in [9.17, 15) is 68.7 Å². The summed E-state index contributed by atoms with van der Waals surface area (Å²) in [6.07, 6.45) is -16.4. The molecule has 0 radical (unpaired) electrons. The van der Waals surface area contributed by atoms with E-state index >= 15 is 0 Å². The smallest absolute Gasteiger partial charge is 0.337 e. The Labute approximate surface area is 869 Å². The maximum atomic E-state index is 10.3. The van der Waals surface area contributed by atoms with Crippen molar-refractivity contribution >= 4 is 147 Å². The fourth-order valence-corrected chi connectivity index (χ4v) is 11.5. The molecule has 0 fully saturated rings. The largest absolute Gasteiger partial charge is 0.479 e. The van der Waals surface area contributed by atoms with Gasteiger partial charge in [-0.25, -0.2) is 38.4 Å². The van der Waals surface area contributed by atoms with Gasteiger partial charge in [-0.15, -0.1) is 0 Å². The number of nitrogens with zero attached hydrogens (tertiary/aromatic N) is 7. The lowest BCUT2D eigenvalue weighted by molar-refractivity contribution is -0.385. The van der Waals surface area contributed by atoms with E-state index in [2.05, 4.69) is 47.8 Å². The Kier molecular flexibility index (Phi) is 59.6. The van der Waals surface area contributed by atoms with Crippen molar-refractivity contribution in [3.8, 4) is 24.3 Å². The number of non-ortho nitro benzene ring substituents is 3. The molecular formula is C99H89Br3Cl3N7O34. The molecule has 12 aromatic carbocycles. The van der Waals surface area contributed by atoms with Crippen molar-refractivity contribution < 1.29 is 155 Å². The van der Waals surface area contributed by atoms with Crippen LogP contribution in [-0.2, 0) is 38.4 Å². The molecule has 0 spiro atoms. The number of aryl methyl sites for hydroxylation is 3. The molecule has 47 heteroatoms. The average molecular weight is 2270 g/mol. The summed E-state index contributed by atoms with van der Waals surface area (Å²) in [5, 5.41) is 241. The molecule has 146 heavy (non-hydrogen) atoms. The van der Waals surface area contributed by atoms with Crippen molar-refractivity contribution in [3.63, 3.8) is 0 Å². The maximum Gasteiger partial charge on any atom is 0.337 e. The van der Waals surface area contributed by atoms with E-state index in [1.807, 2.05) is 32.9 Å². The minimum atomic E-state index is -1.64. The minimum absolute atomic E-state index is 0.0612. The van der Waals surface area contributed by atoms with Gasteiger partial charge in [-0.2, -0.15) is 21.0 Å². The summed E-state index contributed by atoms with van der Waals surface area (Å²) < 4.78 is 2.64. The highest BCUT2D eigenvalue weighted by molar-refractivity contribution is 9.11. The van der Waals surface area contributed by atoms with Gasteiger partial charge in [0.1, 0.15) is 0 Å². The van der Waals surface area contributed by atoms with E-state index in [0.717, 1.165) is 54.4 Å². The Hall–Kier alpha value is -15.6. The number of nitro groups is 3. The van der Waals surface area contributed by atoms with Crippen molar-refractivity contribution in [3.05, 3.63) is 433 Å². The number of halogens is 6. The summed E-state index contributed by atoms with van der Waals surface area (Å²) in [5.41, 5.74) is 7.17. The second-order valence-corrected chi connectivity index (χ2v) is 32.5. The molecule has 0 amide bonds. The minimum Gasteiger partial charge on any atom is -0.479 e. The number of hydrogen-bond donors (Lipinski definition) is 20. The van der Waals surface area contributed by atoms with Crippen molar-refractivity contribution in [2.75, 3.05) is 0 Å². The quantitative estimate of drug-likeness (QED) is 0.0161. The van der Waals surface area contributed by atoms with Gasteiger partial charge in [0.15, 0.2) is 73.2 Å². The predicted molar refractivity (Wildman–Crippen MR) is 533 cm³/mol. The first-order valence-corrected chi connectivity index (χ1v) is 44.1. The molecule has 20 N–H and O–H groups in total. The molecular weight excluding hydrogens is 2180 g/mol. The molecule has 0 saturated carbocycles. The first-order valence-electron chi connectivity index (χ1n) is 40.6. The van der Waals surface area contributed by atoms with Crippen molar-refractivity contribution in [2.45, 2.75) is 94.0 Å². The van der Waals surface area contributed by atoms with Crippen LogP contribution in [0.15, 0.2) is 305 Å². The summed E-state index contributed by atoms with van der Waals surface area (Å²) >= 11 is 26.6. The molecule has 766 valence electrons. The third-order valence-electron chi connectivity index (χ3n) is 18.0. The van der Waals surface area contributed by atoms with E-state index in [-0.39, 0.29) is 49.4 Å². The van der Waals surface area contributed by atoms with Gasteiger partial charge >= 0.3 is 47.8 Å². The lowest BCUT2D eigenvalue weighted by atomic mass is 10.1. The van der Waals surface area contributed by atoms with Crippen LogP contribution in [0.5, 0.6) is 0 Å². The number of aliphatic hydroxyl groups is 12. The molecule has 0 saturated heterocycles. The number of carbonyl (C=O) groups is 8. The van der Waals surface area contributed by atoms with Crippen LogP contribution >= 0.6 is 82.6 Å². The third-order valence-corrected chi connectivity index (χ3v) is 20.6. The second kappa shape index (κ2) is 67.8. The van der Waals surface area contributed by atoms with Crippen LogP contribution < -0.4 is 0 Å². The van der Waals surface area contributed by atoms with Crippen LogP contribution in [0.4, 0.5) is 17.1 Å². The van der Waals surface area contributed by atoms with Crippen LogP contribution in [0, 0.1) is 96.4 Å². The van der Waals surface area contributed by atoms with Gasteiger partial charge in [-0.3, -0.25) is 30.3 Å². The normalized spacial score (nSPS) is 12.3. The molecule has 41 nitrogen and oxygen atoms in total. The summed E-state index contributed by atoms with van der Waals surface area (Å²) in [5.74, 6) is -10.3. The fraction of sp³-hybridized carbons (Fsp3) is 0.152. The van der Waals surface area contributed by atoms with E-state index in [0.29, 0.717) is 49.5 Å². The SMILES string of the molecule is Cc1ccc(C(O)C#N)cc1.Cc1ccc([C@@H](O)C(=O)O)cc1.Cc1ccc([C@H](O)C(=O)O)cc1.N#CC(O)c1ccc(Br)cc1.N#CC(O)c1ccc([N+](=O)[O-])cc1.N#CC(O)c1ccccc1Cl.O=C(O)[C@@H](O)c1ccc(Br)cc1.O=C(O)[C@@H](O)c1ccc([N+](=O)[O-])cc1.O=C(O)[C@@H](O)c1ccccc1Cl.O=C(O)[C@H](O)c1ccc(Br)cc1.O=C(O)[C@H](O)c1ccc([N+](=O)[O-])cc1.O=C(O)[C@H](O)c1ccccc1Cl. The lowest BCUT2D eigenvalue weighted by Gasteiger charge is -2.06. The standard InChI is InChI=1S/C9H9NO.2C9H10O3.C8H6BrNO.2C8H7BrO3.C8H6ClNO.2C8H7ClO3.C8H6N2O3.2C8H7NO5/c1-7-2-4-8(5-3-7)9(11)6-10;2*1-6-2-4-7(5-3-6)8(10)9(11)12;9-7-3-1-6(2-4-7)8(11)5-10;2*9-6-3-1-5(2-4-6)7(10)8(11)12;9-7-4-2-1-3-6(7)8(11)5-10;2*9-6-4-2-1-3-5(6)7(10)8(11)12;9-5-8(11)6-1-3-7(4-2-6)10(12)13;2*10-7(8(11)12)5-1-3-6(4-2-5)9(13)14/h2-5,9,11H,1H3;2*2-5,8,10H,1H3,(H,11,12);1-4,8,11H;2*1-4,7,10H,(H,11,12);1-4,8,11H;2*1-4,7,10H,(H,11,12);1-4,8,11H;2*1-4,7,10H,(H,11,12)/t;2*8-;;2*7-;;2*7-;;2*7-/m.10.10.10.10/s1. The van der Waals surface area contributed by atoms with E-state index < -0.39 is 136 Å². The Balaban J connectivity index is 0.000000797. The molecule has 0 heterocycles. The van der Waals surface area contributed by atoms with E-state index in [4.69, 9.17) is 158 Å². The van der Waals surface area contributed by atoms with Crippen LogP contribution in [0.2, 0.25) is 15.1 Å². The van der Waals surface area contributed by atoms with Crippen molar-refractivity contribution in [1.82, 2.24) is 0 Å². The molecule has 12 aromatic rings. The van der Waals surface area contributed by atoms with Gasteiger partial charge in [0, 0.05) is 81.6 Å². The Morgan fingerprint density at radius 1 is 0.240 bits per heavy atom. The highest BCUT2D eigenvalue weighted by Gasteiger charge is 2.24. The second-order valence-electron chi connectivity index (χ2n) is 28.5. The highest BCUT2D eigenvalue weighted by atomic mass is 79.9. The fourth-order valence-electron chi connectivity index (χ4n) is 10.0. The molecule has 0 bridgehead atoms. The molecule has 12 rings (SSSR count). The monoisotopic (exact) mass is 2260 g/mol. The van der Waals surface area contributed by atoms with Gasteiger partial charge < -0.3 is 102 Å². The van der Waals surface area contributed by atoms with Gasteiger partial charge in [-0.05, 0) is 162 Å². The van der Waals surface area contributed by atoms with Gasteiger partial charge in [0.05, 0.1) is 39.0 Å². The number of hydrogen-bond acceptors (Lipinski definition) is 30. The maximum absolute atomic E-state index is 10.3. The number of aliphatic hydroxyl groups excluding tert-OH is 12. The highest BCUT2D eigenvalue weighted by Crippen LogP contribution is 2.28. The number of carboxylic acids is 8. The lowest BCUT2D eigenvalue weighted by Crippen LogP contribution is -2.10. The number of benzene rings is 12. The van der Waals surface area contributed by atoms with Crippen molar-refractivity contribution in [1.29, 1.82) is 21.0 Å². The Bertz CT molecular complexity index is 5970. The van der Waals surface area contributed by atoms with Crippen LogP contribution in [0.3, 0.4) is 0 Å². The number of nitriles is 4. The Morgan fingerprint density at radius 2 is 0.390 bits per heavy atom. The number of nitro benzene ring substituents is 3. The molecule has 12 atom stereocenters. The van der Waals surface area contributed by atoms with Crippen LogP contribution in [0.25, 0.3) is 0 Å². The number of carboxylic acid groups (broad SMARTS) is 8. The predicted octanol–water partition coefficient (Wildman–Crippen LogP) is 16.3. The number of rotatable bonds is 23. The first-order chi connectivity index (χ1) is 68.6. The average Bonchev–Trinajstić information content (AvgIpc) is 0.872. The zero-order chi connectivity index (χ0) is 111. The summed E-state index contributed by atoms with van der Waals surface area (Å²) in [4.78, 5) is 112. The van der Waals surface area contributed by atoms with E-state index in [1.54, 1.807) is 206 Å². The zero-order valence-corrected chi connectivity index (χ0v) is 82.7. The Morgan fingerprint density at radius 3 is 0.562 bits per heavy atom. The van der Waals surface area contributed by atoms with Gasteiger partial charge in [-0.1, -0.05) is 263 Å². The molecule has 4 unspecified atom stereocenters. The molecule has 0 aromatic heterocycles. The van der Waals surface area contributed by atoms with E-state index in [1.165, 1.54) is 72.8 Å². The third kappa shape index (κ3) is 48.4. The van der Waals surface area contributed by atoms with Crippen LogP contribution in [-0.4, -0.2) is 165 Å². The van der Waals surface area contributed by atoms with Gasteiger partial charge in [0.2, 0.25) is 0 Å². The zero-order valence-electron chi connectivity index (χ0n) is 75.7. The molecule has 0 aliphatic carbocycles. The summed E-state index contributed by atoms with van der Waals surface area (Å²) in [7, 11) is 0. The number of aliphatic carboxylic acids is 8. The summed E-state index contributed by atoms with van der Waals surface area (Å²) in [6.45, 7) is 5.76.